The largest absolute Gasteiger partial charge is 0.310 e. The molecular formula is C31H33ClN2. The van der Waals surface area contributed by atoms with Crippen molar-refractivity contribution in [1.82, 2.24) is 10.2 Å². The van der Waals surface area contributed by atoms with Crippen LogP contribution in [0.5, 0.6) is 0 Å². The van der Waals surface area contributed by atoms with Crippen LogP contribution in [0, 0.1) is 5.92 Å². The van der Waals surface area contributed by atoms with E-state index in [4.69, 9.17) is 11.6 Å². The lowest BCUT2D eigenvalue weighted by atomic mass is 9.80. The van der Waals surface area contributed by atoms with Gasteiger partial charge in [0.15, 0.2) is 0 Å². The predicted octanol–water partition coefficient (Wildman–Crippen LogP) is 7.45. The van der Waals surface area contributed by atoms with Crippen molar-refractivity contribution >= 4 is 22.4 Å². The summed E-state index contributed by atoms with van der Waals surface area (Å²) < 4.78 is 0. The molecule has 0 amide bonds. The van der Waals surface area contributed by atoms with Crippen LogP contribution < -0.4 is 5.32 Å². The van der Waals surface area contributed by atoms with Crippen LogP contribution in [-0.4, -0.2) is 24.5 Å². The van der Waals surface area contributed by atoms with E-state index in [9.17, 15) is 0 Å². The van der Waals surface area contributed by atoms with Gasteiger partial charge in [0.25, 0.3) is 0 Å². The van der Waals surface area contributed by atoms with E-state index in [-0.39, 0.29) is 0 Å². The number of nitrogens with zero attached hydrogens (tertiary/aromatic N) is 1. The van der Waals surface area contributed by atoms with Gasteiger partial charge in [0.2, 0.25) is 0 Å². The van der Waals surface area contributed by atoms with Gasteiger partial charge in [0, 0.05) is 30.1 Å². The molecule has 34 heavy (non-hydrogen) atoms. The molecule has 2 nitrogen and oxygen atoms in total. The standard InChI is InChI=1S/C31H33ClN2/c1-23(28-16-9-14-24-12-5-7-15-29(24)28)33-20-26-18-19-34(21-27-13-6-8-17-31(27)32)22-30(26)25-10-3-2-4-11-25/h2-17,23,26,30,33H,18-22H2,1H3. The van der Waals surface area contributed by atoms with Crippen molar-refractivity contribution in [2.24, 2.45) is 5.92 Å². The summed E-state index contributed by atoms with van der Waals surface area (Å²) in [6, 6.07) is 34.9. The van der Waals surface area contributed by atoms with Gasteiger partial charge >= 0.3 is 0 Å². The van der Waals surface area contributed by atoms with E-state index >= 15 is 0 Å². The van der Waals surface area contributed by atoms with Crippen molar-refractivity contribution < 1.29 is 0 Å². The molecule has 1 heterocycles. The van der Waals surface area contributed by atoms with Gasteiger partial charge in [0.05, 0.1) is 0 Å². The second-order valence-corrected chi connectivity index (χ2v) is 10.00. The monoisotopic (exact) mass is 468 g/mol. The van der Waals surface area contributed by atoms with E-state index in [2.05, 4.69) is 102 Å². The Bertz CT molecular complexity index is 1220. The van der Waals surface area contributed by atoms with Crippen molar-refractivity contribution in [3.63, 3.8) is 0 Å². The SMILES string of the molecule is CC(NCC1CCN(Cc2ccccc2Cl)CC1c1ccccc1)c1cccc2ccccc12. The van der Waals surface area contributed by atoms with Crippen molar-refractivity contribution in [2.75, 3.05) is 19.6 Å². The van der Waals surface area contributed by atoms with Gasteiger partial charge in [-0.05, 0) is 65.9 Å². The molecule has 0 saturated carbocycles. The van der Waals surface area contributed by atoms with Crippen molar-refractivity contribution in [2.45, 2.75) is 31.8 Å². The molecule has 3 heteroatoms. The van der Waals surface area contributed by atoms with E-state index in [1.165, 1.54) is 33.9 Å². The summed E-state index contributed by atoms with van der Waals surface area (Å²) in [5.41, 5.74) is 4.04. The van der Waals surface area contributed by atoms with Gasteiger partial charge in [-0.25, -0.2) is 0 Å². The first-order valence-electron chi connectivity index (χ1n) is 12.4. The topological polar surface area (TPSA) is 15.3 Å². The van der Waals surface area contributed by atoms with E-state index in [1.807, 2.05) is 12.1 Å². The Hall–Kier alpha value is -2.65. The van der Waals surface area contributed by atoms with Crippen LogP contribution in [-0.2, 0) is 6.54 Å². The second-order valence-electron chi connectivity index (χ2n) is 9.59. The zero-order valence-electron chi connectivity index (χ0n) is 19.8. The van der Waals surface area contributed by atoms with E-state index in [0.29, 0.717) is 17.9 Å². The molecule has 0 aromatic heterocycles. The fourth-order valence-electron chi connectivity index (χ4n) is 5.47. The normalized spacial score (nSPS) is 19.8. The molecule has 1 aliphatic heterocycles. The lowest BCUT2D eigenvalue weighted by Crippen LogP contribution is -2.42. The molecule has 0 spiro atoms. The summed E-state index contributed by atoms with van der Waals surface area (Å²) in [5, 5.41) is 7.42. The highest BCUT2D eigenvalue weighted by Crippen LogP contribution is 2.34. The van der Waals surface area contributed by atoms with Crippen LogP contribution in [0.25, 0.3) is 10.8 Å². The highest BCUT2D eigenvalue weighted by atomic mass is 35.5. The van der Waals surface area contributed by atoms with Gasteiger partial charge in [0.1, 0.15) is 0 Å². The van der Waals surface area contributed by atoms with Crippen molar-refractivity contribution in [1.29, 1.82) is 0 Å². The second kappa shape index (κ2) is 10.7. The summed E-state index contributed by atoms with van der Waals surface area (Å²) in [6.45, 7) is 6.39. The zero-order chi connectivity index (χ0) is 23.3. The number of likely N-dealkylation sites (tertiary alicyclic amines) is 1. The molecule has 174 valence electrons. The van der Waals surface area contributed by atoms with E-state index in [1.54, 1.807) is 0 Å². The van der Waals surface area contributed by atoms with Gasteiger partial charge in [-0.3, -0.25) is 4.90 Å². The Balaban J connectivity index is 1.31. The van der Waals surface area contributed by atoms with Gasteiger partial charge < -0.3 is 5.32 Å². The number of fused-ring (bicyclic) bond motifs is 1. The van der Waals surface area contributed by atoms with Crippen LogP contribution in [0.15, 0.2) is 97.1 Å². The lowest BCUT2D eigenvalue weighted by molar-refractivity contribution is 0.148. The number of hydrogen-bond donors (Lipinski definition) is 1. The smallest absolute Gasteiger partial charge is 0.0451 e. The molecule has 1 aliphatic rings. The summed E-state index contributed by atoms with van der Waals surface area (Å²) >= 11 is 6.47. The highest BCUT2D eigenvalue weighted by Gasteiger charge is 2.30. The molecule has 1 fully saturated rings. The first-order valence-corrected chi connectivity index (χ1v) is 12.8. The first-order chi connectivity index (χ1) is 16.7. The van der Waals surface area contributed by atoms with E-state index in [0.717, 1.165) is 31.2 Å². The van der Waals surface area contributed by atoms with Crippen LogP contribution in [0.2, 0.25) is 5.02 Å². The van der Waals surface area contributed by atoms with Gasteiger partial charge in [-0.1, -0.05) is 103 Å². The average Bonchev–Trinajstić information content (AvgIpc) is 2.89. The molecule has 1 N–H and O–H groups in total. The maximum Gasteiger partial charge on any atom is 0.0451 e. The molecule has 5 rings (SSSR count). The number of benzene rings is 4. The van der Waals surface area contributed by atoms with Crippen molar-refractivity contribution in [3.05, 3.63) is 119 Å². The Morgan fingerprint density at radius 1 is 0.882 bits per heavy atom. The molecule has 0 aliphatic carbocycles. The summed E-state index contributed by atoms with van der Waals surface area (Å²) in [5.74, 6) is 1.10. The number of piperidine rings is 1. The summed E-state index contributed by atoms with van der Waals surface area (Å²) in [4.78, 5) is 2.57. The lowest BCUT2D eigenvalue weighted by Gasteiger charge is -2.39. The van der Waals surface area contributed by atoms with Crippen LogP contribution >= 0.6 is 11.6 Å². The highest BCUT2D eigenvalue weighted by molar-refractivity contribution is 6.31. The Kier molecular flexibility index (Phi) is 7.30. The Morgan fingerprint density at radius 3 is 2.47 bits per heavy atom. The third-order valence-electron chi connectivity index (χ3n) is 7.40. The quantitative estimate of drug-likeness (QED) is 0.303. The maximum atomic E-state index is 6.47. The molecule has 0 radical (unpaired) electrons. The molecule has 0 bridgehead atoms. The molecule has 3 atom stereocenters. The number of hydrogen-bond acceptors (Lipinski definition) is 2. The molecular weight excluding hydrogens is 436 g/mol. The summed E-state index contributed by atoms with van der Waals surface area (Å²) in [6.07, 6.45) is 1.18. The minimum absolute atomic E-state index is 0.309. The van der Waals surface area contributed by atoms with Crippen LogP contribution in [0.1, 0.15) is 42.0 Å². The maximum absolute atomic E-state index is 6.47. The minimum atomic E-state index is 0.309. The average molecular weight is 469 g/mol. The molecule has 4 aromatic carbocycles. The van der Waals surface area contributed by atoms with Crippen LogP contribution in [0.4, 0.5) is 0 Å². The Labute approximate surface area is 208 Å². The van der Waals surface area contributed by atoms with Crippen LogP contribution in [0.3, 0.4) is 0 Å². The Morgan fingerprint density at radius 2 is 1.62 bits per heavy atom. The van der Waals surface area contributed by atoms with Crippen molar-refractivity contribution in [3.8, 4) is 0 Å². The third kappa shape index (κ3) is 5.20. The first kappa shape index (κ1) is 23.1. The zero-order valence-corrected chi connectivity index (χ0v) is 20.6. The minimum Gasteiger partial charge on any atom is -0.310 e. The third-order valence-corrected chi connectivity index (χ3v) is 7.76. The fraction of sp³-hybridized carbons (Fsp3) is 0.290. The van der Waals surface area contributed by atoms with E-state index < -0.39 is 0 Å². The molecule has 3 unspecified atom stereocenters. The van der Waals surface area contributed by atoms with Gasteiger partial charge in [-0.2, -0.15) is 0 Å². The van der Waals surface area contributed by atoms with Gasteiger partial charge in [-0.15, -0.1) is 0 Å². The number of halogens is 1. The molecule has 1 saturated heterocycles. The molecule has 4 aromatic rings. The number of rotatable bonds is 7. The fourth-order valence-corrected chi connectivity index (χ4v) is 5.66. The predicted molar refractivity (Wildman–Crippen MR) is 144 cm³/mol. The number of nitrogens with one attached hydrogen (secondary N) is 1. The summed E-state index contributed by atoms with van der Waals surface area (Å²) in [7, 11) is 0.